The molecule has 1 fully saturated rings. The molecule has 0 saturated carbocycles. The fourth-order valence-electron chi connectivity index (χ4n) is 4.10. The van der Waals surface area contributed by atoms with E-state index in [2.05, 4.69) is 46.1 Å². The molecule has 1 aliphatic rings. The Morgan fingerprint density at radius 3 is 2.76 bits per heavy atom. The molecular formula is C23H26N4O2. The molecule has 2 unspecified atom stereocenters. The van der Waals surface area contributed by atoms with Gasteiger partial charge in [-0.3, -0.25) is 14.7 Å². The van der Waals surface area contributed by atoms with E-state index in [9.17, 15) is 4.79 Å². The van der Waals surface area contributed by atoms with Crippen LogP contribution in [0.25, 0.3) is 0 Å². The van der Waals surface area contributed by atoms with E-state index in [1.807, 2.05) is 6.07 Å². The highest BCUT2D eigenvalue weighted by molar-refractivity contribution is 6.04. The quantitative estimate of drug-likeness (QED) is 0.643. The molecular weight excluding hydrogens is 364 g/mol. The van der Waals surface area contributed by atoms with Gasteiger partial charge in [-0.2, -0.15) is 0 Å². The predicted octanol–water partition coefficient (Wildman–Crippen LogP) is 3.67. The summed E-state index contributed by atoms with van der Waals surface area (Å²) in [7, 11) is 0. The molecule has 0 bridgehead atoms. The molecule has 1 amide bonds. The van der Waals surface area contributed by atoms with Crippen molar-refractivity contribution in [3.05, 3.63) is 78.6 Å². The van der Waals surface area contributed by atoms with Gasteiger partial charge in [0.2, 0.25) is 0 Å². The summed E-state index contributed by atoms with van der Waals surface area (Å²) >= 11 is 0. The van der Waals surface area contributed by atoms with Gasteiger partial charge in [0, 0.05) is 38.1 Å². The lowest BCUT2D eigenvalue weighted by Gasteiger charge is -2.41. The highest BCUT2D eigenvalue weighted by Gasteiger charge is 2.36. The summed E-state index contributed by atoms with van der Waals surface area (Å²) in [6, 6.07) is 14.1. The van der Waals surface area contributed by atoms with Gasteiger partial charge < -0.3 is 9.32 Å². The second kappa shape index (κ2) is 9.01. The minimum atomic E-state index is -0.162. The molecule has 4 rings (SSSR count). The van der Waals surface area contributed by atoms with Crippen LogP contribution in [0.2, 0.25) is 0 Å². The number of amides is 1. The Balaban J connectivity index is 1.47. The van der Waals surface area contributed by atoms with E-state index in [0.29, 0.717) is 17.5 Å². The zero-order valence-electron chi connectivity index (χ0n) is 16.6. The Morgan fingerprint density at radius 1 is 1.21 bits per heavy atom. The summed E-state index contributed by atoms with van der Waals surface area (Å²) in [6.45, 7) is 5.13. The molecule has 6 heteroatoms. The van der Waals surface area contributed by atoms with E-state index in [4.69, 9.17) is 4.42 Å². The predicted molar refractivity (Wildman–Crippen MR) is 112 cm³/mol. The van der Waals surface area contributed by atoms with Crippen molar-refractivity contribution in [2.75, 3.05) is 24.5 Å². The molecule has 3 aromatic rings. The minimum absolute atomic E-state index is 0.0530. The SMILES string of the molecule is CC1CN(CCc2ccccc2)CCC1N(C(=O)c1ccco1)c1cnccn1. The lowest BCUT2D eigenvalue weighted by Crippen LogP contribution is -2.53. The van der Waals surface area contributed by atoms with Gasteiger partial charge in [-0.05, 0) is 36.5 Å². The van der Waals surface area contributed by atoms with Crippen molar-refractivity contribution in [1.29, 1.82) is 0 Å². The van der Waals surface area contributed by atoms with Crippen molar-refractivity contribution in [2.24, 2.45) is 5.92 Å². The number of benzene rings is 1. The van der Waals surface area contributed by atoms with Gasteiger partial charge in [0.05, 0.1) is 12.5 Å². The molecule has 6 nitrogen and oxygen atoms in total. The zero-order chi connectivity index (χ0) is 20.1. The van der Waals surface area contributed by atoms with E-state index in [-0.39, 0.29) is 11.9 Å². The normalized spacial score (nSPS) is 19.8. The first-order valence-corrected chi connectivity index (χ1v) is 10.1. The standard InChI is InChI=1S/C23H26N4O2/c1-18-17-26(13-9-19-6-3-2-4-7-19)14-10-20(18)27(22-16-24-11-12-25-22)23(28)21-8-5-15-29-21/h2-8,11-12,15-16,18,20H,9-10,13-14,17H2,1H3. The number of furan rings is 1. The molecule has 0 N–H and O–H groups in total. The number of carbonyl (C=O) groups excluding carboxylic acids is 1. The summed E-state index contributed by atoms with van der Waals surface area (Å²) in [4.78, 5) is 26.0. The van der Waals surface area contributed by atoms with Gasteiger partial charge in [0.1, 0.15) is 0 Å². The fraction of sp³-hybridized carbons (Fsp3) is 0.348. The third-order valence-corrected chi connectivity index (χ3v) is 5.58. The van der Waals surface area contributed by atoms with E-state index in [1.54, 1.807) is 35.6 Å². The third-order valence-electron chi connectivity index (χ3n) is 5.58. The molecule has 0 aliphatic carbocycles. The van der Waals surface area contributed by atoms with Crippen LogP contribution >= 0.6 is 0 Å². The number of nitrogens with zero attached hydrogens (tertiary/aromatic N) is 4. The number of piperidine rings is 1. The van der Waals surface area contributed by atoms with Crippen LogP contribution in [0.15, 0.2) is 71.7 Å². The maximum absolute atomic E-state index is 13.2. The second-order valence-corrected chi connectivity index (χ2v) is 7.59. The summed E-state index contributed by atoms with van der Waals surface area (Å²) in [6.07, 6.45) is 8.34. The largest absolute Gasteiger partial charge is 0.459 e. The van der Waals surface area contributed by atoms with Crippen LogP contribution in [0, 0.1) is 5.92 Å². The average Bonchev–Trinajstić information content (AvgIpc) is 3.30. The number of rotatable bonds is 6. The summed E-state index contributed by atoms with van der Waals surface area (Å²) < 4.78 is 5.38. The van der Waals surface area contributed by atoms with Crippen molar-refractivity contribution < 1.29 is 9.21 Å². The van der Waals surface area contributed by atoms with Crippen LogP contribution in [0.1, 0.15) is 29.5 Å². The highest BCUT2D eigenvalue weighted by Crippen LogP contribution is 2.27. The van der Waals surface area contributed by atoms with Crippen LogP contribution in [0.5, 0.6) is 0 Å². The Bertz CT molecular complexity index is 899. The zero-order valence-corrected chi connectivity index (χ0v) is 16.6. The molecule has 3 heterocycles. The number of carbonyl (C=O) groups is 1. The Morgan fingerprint density at radius 2 is 2.07 bits per heavy atom. The first-order chi connectivity index (χ1) is 14.2. The van der Waals surface area contributed by atoms with Crippen molar-refractivity contribution in [3.8, 4) is 0 Å². The van der Waals surface area contributed by atoms with Gasteiger partial charge in [0.25, 0.3) is 5.91 Å². The van der Waals surface area contributed by atoms with Crippen molar-refractivity contribution in [2.45, 2.75) is 25.8 Å². The average molecular weight is 390 g/mol. The number of likely N-dealkylation sites (tertiary alicyclic amines) is 1. The maximum Gasteiger partial charge on any atom is 0.295 e. The van der Waals surface area contributed by atoms with Crippen LogP contribution in [0.3, 0.4) is 0 Å². The van der Waals surface area contributed by atoms with Crippen LogP contribution < -0.4 is 4.90 Å². The molecule has 0 spiro atoms. The van der Waals surface area contributed by atoms with Gasteiger partial charge in [-0.15, -0.1) is 0 Å². The van der Waals surface area contributed by atoms with Crippen LogP contribution in [-0.4, -0.2) is 46.5 Å². The first kappa shape index (κ1) is 19.3. The van der Waals surface area contributed by atoms with Crippen LogP contribution in [-0.2, 0) is 6.42 Å². The van der Waals surface area contributed by atoms with Gasteiger partial charge in [-0.1, -0.05) is 37.3 Å². The van der Waals surface area contributed by atoms with Crippen molar-refractivity contribution in [1.82, 2.24) is 14.9 Å². The van der Waals surface area contributed by atoms with E-state index in [0.717, 1.165) is 32.5 Å². The molecule has 2 aromatic heterocycles. The molecule has 0 radical (unpaired) electrons. The molecule has 1 saturated heterocycles. The number of aromatic nitrogens is 2. The number of hydrogen-bond acceptors (Lipinski definition) is 5. The highest BCUT2D eigenvalue weighted by atomic mass is 16.3. The summed E-state index contributed by atoms with van der Waals surface area (Å²) in [5.74, 6) is 1.04. The molecule has 1 aliphatic heterocycles. The lowest BCUT2D eigenvalue weighted by molar-refractivity contribution is 0.0905. The molecule has 150 valence electrons. The summed E-state index contributed by atoms with van der Waals surface area (Å²) in [5, 5.41) is 0. The van der Waals surface area contributed by atoms with Crippen molar-refractivity contribution >= 4 is 11.7 Å². The van der Waals surface area contributed by atoms with Crippen LogP contribution in [0.4, 0.5) is 5.82 Å². The molecule has 2 atom stereocenters. The molecule has 1 aromatic carbocycles. The lowest BCUT2D eigenvalue weighted by atomic mass is 9.91. The minimum Gasteiger partial charge on any atom is -0.459 e. The monoisotopic (exact) mass is 390 g/mol. The maximum atomic E-state index is 13.2. The van der Waals surface area contributed by atoms with E-state index >= 15 is 0 Å². The number of hydrogen-bond donors (Lipinski definition) is 0. The number of anilines is 1. The van der Waals surface area contributed by atoms with E-state index in [1.165, 1.54) is 11.8 Å². The second-order valence-electron chi connectivity index (χ2n) is 7.59. The van der Waals surface area contributed by atoms with Gasteiger partial charge in [-0.25, -0.2) is 4.98 Å². The smallest absolute Gasteiger partial charge is 0.295 e. The Hall–Kier alpha value is -2.99. The topological polar surface area (TPSA) is 62.5 Å². The molecule has 29 heavy (non-hydrogen) atoms. The Kier molecular flexibility index (Phi) is 6.00. The third kappa shape index (κ3) is 4.54. The van der Waals surface area contributed by atoms with Gasteiger partial charge in [0.15, 0.2) is 11.6 Å². The Labute approximate surface area is 171 Å². The summed E-state index contributed by atoms with van der Waals surface area (Å²) in [5.41, 5.74) is 1.36. The van der Waals surface area contributed by atoms with Crippen molar-refractivity contribution in [3.63, 3.8) is 0 Å². The van der Waals surface area contributed by atoms with E-state index < -0.39 is 0 Å². The van der Waals surface area contributed by atoms with Gasteiger partial charge >= 0.3 is 0 Å². The first-order valence-electron chi connectivity index (χ1n) is 10.1. The fourth-order valence-corrected chi connectivity index (χ4v) is 4.10.